The molecule has 136 valence electrons. The van der Waals surface area contributed by atoms with Crippen LogP contribution in [0.25, 0.3) is 0 Å². The molecule has 1 N–H and O–H groups in total. The van der Waals surface area contributed by atoms with E-state index in [9.17, 15) is 13.2 Å². The van der Waals surface area contributed by atoms with Crippen molar-refractivity contribution in [2.45, 2.75) is 56.5 Å². The Morgan fingerprint density at radius 3 is 2.56 bits per heavy atom. The molecule has 1 aliphatic heterocycles. The van der Waals surface area contributed by atoms with Crippen molar-refractivity contribution < 1.29 is 8.42 Å². The van der Waals surface area contributed by atoms with Crippen molar-refractivity contribution in [3.63, 3.8) is 0 Å². The van der Waals surface area contributed by atoms with Crippen molar-refractivity contribution in [1.29, 1.82) is 0 Å². The molecular weight excluding hydrogens is 340 g/mol. The second kappa shape index (κ2) is 6.76. The van der Waals surface area contributed by atoms with Gasteiger partial charge in [0.05, 0.1) is 4.90 Å². The molecule has 0 bridgehead atoms. The van der Waals surface area contributed by atoms with E-state index in [2.05, 4.69) is 24.0 Å². The minimum Gasteiger partial charge on any atom is -0.279 e. The number of nitrogens with one attached hydrogen (secondary N) is 1. The molecule has 0 spiro atoms. The third kappa shape index (κ3) is 3.41. The second-order valence-electron chi connectivity index (χ2n) is 6.82. The summed E-state index contributed by atoms with van der Waals surface area (Å²) in [5.74, 6) is 1.05. The van der Waals surface area contributed by atoms with Crippen LogP contribution in [0.4, 0.5) is 0 Å². The van der Waals surface area contributed by atoms with E-state index in [0.29, 0.717) is 42.4 Å². The first kappa shape index (κ1) is 17.9. The number of hydrogen-bond donors (Lipinski definition) is 1. The SMILES string of the molecule is CC(C)c1ccc(S(=O)(=O)N(C)C2CCc3n[nH]c(=O)n3CC2)cc1. The largest absolute Gasteiger partial charge is 0.343 e. The molecule has 2 aromatic rings. The van der Waals surface area contributed by atoms with Crippen LogP contribution in [0, 0.1) is 0 Å². The minimum absolute atomic E-state index is 0.157. The van der Waals surface area contributed by atoms with Gasteiger partial charge in [-0.05, 0) is 36.5 Å². The lowest BCUT2D eigenvalue weighted by atomic mass is 10.0. The van der Waals surface area contributed by atoms with Crippen LogP contribution in [-0.2, 0) is 23.0 Å². The van der Waals surface area contributed by atoms with Gasteiger partial charge >= 0.3 is 5.69 Å². The monoisotopic (exact) mass is 364 g/mol. The standard InChI is InChI=1S/C17H24N4O3S/c1-12(2)13-4-7-15(8-5-13)25(23,24)20(3)14-6-9-16-18-19-17(22)21(16)11-10-14/h4-5,7-8,12,14H,6,9-11H2,1-3H3,(H,19,22). The van der Waals surface area contributed by atoms with Gasteiger partial charge in [0.1, 0.15) is 5.82 Å². The fourth-order valence-corrected chi connectivity index (χ4v) is 4.66. The van der Waals surface area contributed by atoms with Crippen LogP contribution >= 0.6 is 0 Å². The Hall–Kier alpha value is -1.93. The fraction of sp³-hybridized carbons (Fsp3) is 0.529. The quantitative estimate of drug-likeness (QED) is 0.895. The first-order valence-electron chi connectivity index (χ1n) is 8.53. The molecule has 0 saturated carbocycles. The maximum Gasteiger partial charge on any atom is 0.343 e. The number of sulfonamides is 1. The third-order valence-electron chi connectivity index (χ3n) is 4.96. The molecule has 1 aromatic heterocycles. The molecule has 0 aliphatic carbocycles. The van der Waals surface area contributed by atoms with Crippen LogP contribution in [-0.4, -0.2) is 40.6 Å². The smallest absolute Gasteiger partial charge is 0.279 e. The highest BCUT2D eigenvalue weighted by atomic mass is 32.2. The van der Waals surface area contributed by atoms with E-state index in [1.54, 1.807) is 23.7 Å². The summed E-state index contributed by atoms with van der Waals surface area (Å²) in [5.41, 5.74) is 0.881. The Balaban J connectivity index is 1.79. The van der Waals surface area contributed by atoms with Crippen LogP contribution in [0.5, 0.6) is 0 Å². The normalized spacial score (nSPS) is 18.4. The molecule has 0 fully saturated rings. The average molecular weight is 364 g/mol. The Labute approximate surface area is 147 Å². The molecule has 25 heavy (non-hydrogen) atoms. The van der Waals surface area contributed by atoms with E-state index in [4.69, 9.17) is 0 Å². The highest BCUT2D eigenvalue weighted by Gasteiger charge is 2.30. The van der Waals surface area contributed by atoms with E-state index in [1.165, 1.54) is 4.31 Å². The zero-order chi connectivity index (χ0) is 18.2. The summed E-state index contributed by atoms with van der Waals surface area (Å²) in [6.07, 6.45) is 1.81. The zero-order valence-corrected chi connectivity index (χ0v) is 15.6. The summed E-state index contributed by atoms with van der Waals surface area (Å²) < 4.78 is 28.9. The van der Waals surface area contributed by atoms with Crippen molar-refractivity contribution in [2.75, 3.05) is 7.05 Å². The average Bonchev–Trinajstić information content (AvgIpc) is 2.82. The number of benzene rings is 1. The summed E-state index contributed by atoms with van der Waals surface area (Å²) in [5, 5.41) is 6.46. The Morgan fingerprint density at radius 1 is 1.24 bits per heavy atom. The molecule has 7 nitrogen and oxygen atoms in total. The molecule has 1 atom stereocenters. The van der Waals surface area contributed by atoms with Gasteiger partial charge in [-0.3, -0.25) is 4.57 Å². The predicted octanol–water partition coefficient (Wildman–Crippen LogP) is 1.72. The first-order chi connectivity index (χ1) is 11.8. The Bertz CT molecular complexity index is 897. The maximum atomic E-state index is 12.9. The summed E-state index contributed by atoms with van der Waals surface area (Å²) in [4.78, 5) is 12.0. The minimum atomic E-state index is -3.56. The summed E-state index contributed by atoms with van der Waals surface area (Å²) in [7, 11) is -1.94. The number of aromatic nitrogens is 3. The summed E-state index contributed by atoms with van der Waals surface area (Å²) in [6, 6.07) is 6.93. The maximum absolute atomic E-state index is 12.9. The lowest BCUT2D eigenvalue weighted by Crippen LogP contribution is -2.37. The van der Waals surface area contributed by atoms with Crippen LogP contribution in [0.15, 0.2) is 34.0 Å². The topological polar surface area (TPSA) is 88.1 Å². The van der Waals surface area contributed by atoms with E-state index < -0.39 is 10.0 Å². The zero-order valence-electron chi connectivity index (χ0n) is 14.8. The fourth-order valence-electron chi connectivity index (χ4n) is 3.24. The van der Waals surface area contributed by atoms with Crippen molar-refractivity contribution >= 4 is 10.0 Å². The molecule has 8 heteroatoms. The number of aryl methyl sites for hydroxylation is 1. The van der Waals surface area contributed by atoms with Gasteiger partial charge in [-0.1, -0.05) is 26.0 Å². The van der Waals surface area contributed by atoms with Gasteiger partial charge in [0.2, 0.25) is 10.0 Å². The van der Waals surface area contributed by atoms with Gasteiger partial charge in [0.15, 0.2) is 0 Å². The summed E-state index contributed by atoms with van der Waals surface area (Å²) in [6.45, 7) is 4.62. The van der Waals surface area contributed by atoms with Gasteiger partial charge in [0.25, 0.3) is 0 Å². The Kier molecular flexibility index (Phi) is 4.83. The number of hydrogen-bond acceptors (Lipinski definition) is 4. The van der Waals surface area contributed by atoms with Gasteiger partial charge in [-0.2, -0.15) is 9.40 Å². The number of aromatic amines is 1. The third-order valence-corrected chi connectivity index (χ3v) is 6.89. The number of fused-ring (bicyclic) bond motifs is 1. The van der Waals surface area contributed by atoms with Crippen LogP contribution in [0.1, 0.15) is 44.0 Å². The van der Waals surface area contributed by atoms with E-state index in [-0.39, 0.29) is 11.7 Å². The molecule has 0 radical (unpaired) electrons. The van der Waals surface area contributed by atoms with Crippen LogP contribution in [0.3, 0.4) is 0 Å². The molecule has 0 saturated heterocycles. The molecule has 1 unspecified atom stereocenters. The van der Waals surface area contributed by atoms with Gasteiger partial charge in [-0.25, -0.2) is 18.3 Å². The lowest BCUT2D eigenvalue weighted by molar-refractivity contribution is 0.330. The molecular formula is C17H24N4O3S. The van der Waals surface area contributed by atoms with Crippen LogP contribution < -0.4 is 5.69 Å². The first-order valence-corrected chi connectivity index (χ1v) is 9.97. The van der Waals surface area contributed by atoms with Crippen molar-refractivity contribution in [2.24, 2.45) is 0 Å². The van der Waals surface area contributed by atoms with Crippen molar-refractivity contribution in [1.82, 2.24) is 19.1 Å². The molecule has 0 amide bonds. The highest BCUT2D eigenvalue weighted by Crippen LogP contribution is 2.24. The second-order valence-corrected chi connectivity index (χ2v) is 8.82. The molecule has 2 heterocycles. The summed E-state index contributed by atoms with van der Waals surface area (Å²) >= 11 is 0. The molecule has 1 aliphatic rings. The van der Waals surface area contributed by atoms with E-state index in [0.717, 1.165) is 5.56 Å². The number of H-pyrrole nitrogens is 1. The number of rotatable bonds is 4. The number of nitrogens with zero attached hydrogens (tertiary/aromatic N) is 3. The van der Waals surface area contributed by atoms with E-state index >= 15 is 0 Å². The van der Waals surface area contributed by atoms with Crippen molar-refractivity contribution in [3.8, 4) is 0 Å². The van der Waals surface area contributed by atoms with Crippen molar-refractivity contribution in [3.05, 3.63) is 46.1 Å². The van der Waals surface area contributed by atoms with Gasteiger partial charge in [0, 0.05) is 26.1 Å². The molecule has 1 aromatic carbocycles. The lowest BCUT2D eigenvalue weighted by Gasteiger charge is -2.26. The predicted molar refractivity (Wildman–Crippen MR) is 95.1 cm³/mol. The van der Waals surface area contributed by atoms with Gasteiger partial charge < -0.3 is 0 Å². The molecule has 3 rings (SSSR count). The van der Waals surface area contributed by atoms with Gasteiger partial charge in [-0.15, -0.1) is 0 Å². The van der Waals surface area contributed by atoms with E-state index in [1.807, 2.05) is 12.1 Å². The van der Waals surface area contributed by atoms with Crippen LogP contribution in [0.2, 0.25) is 0 Å². The Morgan fingerprint density at radius 2 is 1.92 bits per heavy atom. The highest BCUT2D eigenvalue weighted by molar-refractivity contribution is 7.89.